The first-order valence-corrected chi connectivity index (χ1v) is 7.19. The van der Waals surface area contributed by atoms with Crippen LogP contribution in [0.5, 0.6) is 0 Å². The molecule has 0 bridgehead atoms. The van der Waals surface area contributed by atoms with E-state index in [0.29, 0.717) is 12.5 Å². The average Bonchev–Trinajstić information content (AvgIpc) is 2.90. The van der Waals surface area contributed by atoms with E-state index in [2.05, 4.69) is 10.2 Å². The third-order valence-corrected chi connectivity index (χ3v) is 4.26. The van der Waals surface area contributed by atoms with Gasteiger partial charge in [-0.1, -0.05) is 12.8 Å². The maximum absolute atomic E-state index is 11.8. The van der Waals surface area contributed by atoms with Crippen molar-refractivity contribution in [1.82, 2.24) is 10.2 Å². The predicted octanol–water partition coefficient (Wildman–Crippen LogP) is 0.929. The first-order chi connectivity index (χ1) is 9.10. The molecule has 1 amide bonds. The Morgan fingerprint density at radius 1 is 1.21 bits per heavy atom. The van der Waals surface area contributed by atoms with Crippen LogP contribution in [0.25, 0.3) is 0 Å². The van der Waals surface area contributed by atoms with Crippen LogP contribution >= 0.6 is 0 Å². The van der Waals surface area contributed by atoms with E-state index in [1.807, 2.05) is 0 Å². The number of hydrogen-bond acceptors (Lipinski definition) is 4. The Hall–Kier alpha value is -1.10. The quantitative estimate of drug-likeness (QED) is 0.774. The van der Waals surface area contributed by atoms with Gasteiger partial charge >= 0.3 is 5.97 Å². The summed E-state index contributed by atoms with van der Waals surface area (Å²) in [6.07, 6.45) is 5.65. The van der Waals surface area contributed by atoms with E-state index in [1.165, 1.54) is 39.7 Å². The highest BCUT2D eigenvalue weighted by atomic mass is 16.5. The van der Waals surface area contributed by atoms with Crippen molar-refractivity contribution in [3.8, 4) is 0 Å². The van der Waals surface area contributed by atoms with E-state index in [-0.39, 0.29) is 23.8 Å². The van der Waals surface area contributed by atoms with Crippen LogP contribution in [0.1, 0.15) is 39.0 Å². The van der Waals surface area contributed by atoms with Crippen molar-refractivity contribution >= 4 is 11.9 Å². The number of rotatable bonds is 3. The lowest BCUT2D eigenvalue weighted by atomic mass is 9.92. The Kier molecular flexibility index (Phi) is 4.80. The van der Waals surface area contributed by atoms with Gasteiger partial charge in [-0.25, -0.2) is 0 Å². The fraction of sp³-hybridized carbons (Fsp3) is 0.857. The Bertz CT molecular complexity index is 340. The lowest BCUT2D eigenvalue weighted by Crippen LogP contribution is -2.54. The number of nitrogens with zero attached hydrogens (tertiary/aromatic N) is 1. The number of esters is 1. The van der Waals surface area contributed by atoms with Crippen LogP contribution in [0.15, 0.2) is 0 Å². The van der Waals surface area contributed by atoms with Crippen LogP contribution in [0.2, 0.25) is 0 Å². The SMILES string of the molecule is COC(=O)C1CC(NC(C)=O)CN(C2CCCC2)C1. The average molecular weight is 268 g/mol. The lowest BCUT2D eigenvalue weighted by molar-refractivity contribution is -0.148. The summed E-state index contributed by atoms with van der Waals surface area (Å²) < 4.78 is 4.88. The van der Waals surface area contributed by atoms with Crippen molar-refractivity contribution in [2.24, 2.45) is 5.92 Å². The number of nitrogens with one attached hydrogen (secondary N) is 1. The molecule has 1 aliphatic carbocycles. The second-order valence-corrected chi connectivity index (χ2v) is 5.75. The summed E-state index contributed by atoms with van der Waals surface area (Å²) in [6.45, 7) is 3.16. The van der Waals surface area contributed by atoms with Gasteiger partial charge in [0.2, 0.25) is 5.91 Å². The molecule has 2 aliphatic rings. The maximum atomic E-state index is 11.8. The van der Waals surface area contributed by atoms with Crippen molar-refractivity contribution in [2.45, 2.75) is 51.1 Å². The van der Waals surface area contributed by atoms with E-state index in [1.54, 1.807) is 0 Å². The second kappa shape index (κ2) is 6.37. The molecule has 0 spiro atoms. The zero-order chi connectivity index (χ0) is 13.8. The topological polar surface area (TPSA) is 58.6 Å². The number of ether oxygens (including phenoxy) is 1. The van der Waals surface area contributed by atoms with Crippen LogP contribution in [-0.2, 0) is 14.3 Å². The molecule has 0 aromatic heterocycles. The fourth-order valence-electron chi connectivity index (χ4n) is 3.43. The van der Waals surface area contributed by atoms with Gasteiger partial charge in [0.25, 0.3) is 0 Å². The number of carbonyl (C=O) groups excluding carboxylic acids is 2. The number of amides is 1. The first-order valence-electron chi connectivity index (χ1n) is 7.19. The number of likely N-dealkylation sites (tertiary alicyclic amines) is 1. The first kappa shape index (κ1) is 14.3. The Balaban J connectivity index is 2.02. The van der Waals surface area contributed by atoms with Crippen LogP contribution in [0.4, 0.5) is 0 Å². The van der Waals surface area contributed by atoms with Crippen molar-refractivity contribution < 1.29 is 14.3 Å². The van der Waals surface area contributed by atoms with Crippen LogP contribution in [0.3, 0.4) is 0 Å². The van der Waals surface area contributed by atoms with Gasteiger partial charge < -0.3 is 10.1 Å². The van der Waals surface area contributed by atoms with Crippen molar-refractivity contribution in [2.75, 3.05) is 20.2 Å². The van der Waals surface area contributed by atoms with Crippen LogP contribution in [0, 0.1) is 5.92 Å². The Morgan fingerprint density at radius 2 is 1.89 bits per heavy atom. The van der Waals surface area contributed by atoms with Crippen LogP contribution < -0.4 is 5.32 Å². The molecule has 1 N–H and O–H groups in total. The van der Waals surface area contributed by atoms with Crippen molar-refractivity contribution in [3.05, 3.63) is 0 Å². The molecule has 5 nitrogen and oxygen atoms in total. The second-order valence-electron chi connectivity index (χ2n) is 5.75. The minimum Gasteiger partial charge on any atom is -0.469 e. The lowest BCUT2D eigenvalue weighted by Gasteiger charge is -2.40. The molecule has 0 aromatic carbocycles. The molecule has 0 aromatic rings. The molecule has 108 valence electrons. The number of methoxy groups -OCH3 is 1. The Labute approximate surface area is 114 Å². The summed E-state index contributed by atoms with van der Waals surface area (Å²) >= 11 is 0. The van der Waals surface area contributed by atoms with Crippen LogP contribution in [-0.4, -0.2) is 49.1 Å². The maximum Gasteiger partial charge on any atom is 0.310 e. The van der Waals surface area contributed by atoms with E-state index in [9.17, 15) is 9.59 Å². The highest BCUT2D eigenvalue weighted by Gasteiger charge is 2.36. The molecule has 1 aliphatic heterocycles. The largest absolute Gasteiger partial charge is 0.469 e. The summed E-state index contributed by atoms with van der Waals surface area (Å²) in [5, 5.41) is 2.96. The summed E-state index contributed by atoms with van der Waals surface area (Å²) in [5.74, 6) is -0.295. The van der Waals surface area contributed by atoms with Gasteiger partial charge in [-0.15, -0.1) is 0 Å². The minimum atomic E-state index is -0.155. The van der Waals surface area contributed by atoms with Gasteiger partial charge in [-0.2, -0.15) is 0 Å². The molecule has 0 radical (unpaired) electrons. The highest BCUT2D eigenvalue weighted by molar-refractivity contribution is 5.74. The fourth-order valence-corrected chi connectivity index (χ4v) is 3.43. The summed E-state index contributed by atoms with van der Waals surface area (Å²) in [6, 6.07) is 0.639. The molecular formula is C14H24N2O3. The van der Waals surface area contributed by atoms with Gasteiger partial charge in [0, 0.05) is 32.1 Å². The predicted molar refractivity (Wildman–Crippen MR) is 71.6 cm³/mol. The van der Waals surface area contributed by atoms with E-state index in [4.69, 9.17) is 4.74 Å². The van der Waals surface area contributed by atoms with Crippen molar-refractivity contribution in [1.29, 1.82) is 0 Å². The molecule has 5 heteroatoms. The summed E-state index contributed by atoms with van der Waals surface area (Å²) in [5.41, 5.74) is 0. The van der Waals surface area contributed by atoms with Gasteiger partial charge in [0.05, 0.1) is 13.0 Å². The molecule has 1 saturated carbocycles. The van der Waals surface area contributed by atoms with E-state index >= 15 is 0 Å². The molecule has 2 fully saturated rings. The van der Waals surface area contributed by atoms with Gasteiger partial charge in [-0.3, -0.25) is 14.5 Å². The smallest absolute Gasteiger partial charge is 0.310 e. The van der Waals surface area contributed by atoms with Gasteiger partial charge in [0.1, 0.15) is 0 Å². The number of carbonyl (C=O) groups is 2. The van der Waals surface area contributed by atoms with Crippen molar-refractivity contribution in [3.63, 3.8) is 0 Å². The monoisotopic (exact) mass is 268 g/mol. The van der Waals surface area contributed by atoms with E-state index < -0.39 is 0 Å². The van der Waals surface area contributed by atoms with Gasteiger partial charge in [0.15, 0.2) is 0 Å². The third kappa shape index (κ3) is 3.69. The number of piperidine rings is 1. The zero-order valence-corrected chi connectivity index (χ0v) is 11.9. The highest BCUT2D eigenvalue weighted by Crippen LogP contribution is 2.28. The van der Waals surface area contributed by atoms with E-state index in [0.717, 1.165) is 13.1 Å². The molecule has 2 unspecified atom stereocenters. The van der Waals surface area contributed by atoms with Gasteiger partial charge in [-0.05, 0) is 19.3 Å². The third-order valence-electron chi connectivity index (χ3n) is 4.26. The molecule has 1 heterocycles. The molecular weight excluding hydrogens is 244 g/mol. The standard InChI is InChI=1S/C14H24N2O3/c1-10(17)15-12-7-11(14(18)19-2)8-16(9-12)13-5-3-4-6-13/h11-13H,3-9H2,1-2H3,(H,15,17). The molecule has 1 saturated heterocycles. The zero-order valence-electron chi connectivity index (χ0n) is 11.9. The Morgan fingerprint density at radius 3 is 2.47 bits per heavy atom. The normalized spacial score (nSPS) is 29.2. The molecule has 2 atom stereocenters. The number of hydrogen-bond donors (Lipinski definition) is 1. The minimum absolute atomic E-state index is 0.0260. The summed E-state index contributed by atoms with van der Waals surface area (Å²) in [7, 11) is 1.43. The molecule has 2 rings (SSSR count). The molecule has 19 heavy (non-hydrogen) atoms. The summed E-state index contributed by atoms with van der Waals surface area (Å²) in [4.78, 5) is 25.4.